The molecule has 0 saturated carbocycles. The Kier molecular flexibility index (Phi) is 15.0. The van der Waals surface area contributed by atoms with Crippen molar-refractivity contribution in [1.29, 1.82) is 0 Å². The average molecular weight is 517 g/mol. The van der Waals surface area contributed by atoms with Crippen molar-refractivity contribution in [2.45, 2.75) is 92.4 Å². The van der Waals surface area contributed by atoms with Gasteiger partial charge in [-0.25, -0.2) is 0 Å². The molecular weight excluding hydrogens is 472 g/mol. The molecule has 36 heavy (non-hydrogen) atoms. The summed E-state index contributed by atoms with van der Waals surface area (Å²) in [6.45, 7) is 8.47. The number of hydrogen-bond donors (Lipinski definition) is 2. The van der Waals surface area contributed by atoms with Crippen molar-refractivity contribution < 1.29 is 48.4 Å². The number of carbonyl (C=O) groups excluding carboxylic acids is 3. The number of carboxylic acid groups (broad SMARTS) is 2. The molecule has 10 nitrogen and oxygen atoms in total. The molecule has 0 heterocycles. The number of esters is 3. The van der Waals surface area contributed by atoms with Gasteiger partial charge in [0.05, 0.1) is 43.0 Å². The zero-order chi connectivity index (χ0) is 27.9. The molecule has 0 radical (unpaired) electrons. The van der Waals surface area contributed by atoms with Crippen LogP contribution >= 0.6 is 0 Å². The van der Waals surface area contributed by atoms with E-state index in [9.17, 15) is 29.1 Å². The second-order valence-electron chi connectivity index (χ2n) is 10.5. The molecule has 0 aromatic carbocycles. The quantitative estimate of drug-likeness (QED) is 0.145. The summed E-state index contributed by atoms with van der Waals surface area (Å²) in [6.07, 6.45) is 2.93. The minimum atomic E-state index is -1.26. The summed E-state index contributed by atoms with van der Waals surface area (Å²) in [4.78, 5) is 60.6. The highest BCUT2D eigenvalue weighted by Crippen LogP contribution is 2.36. The third-order valence-corrected chi connectivity index (χ3v) is 6.09. The highest BCUT2D eigenvalue weighted by molar-refractivity contribution is 5.80. The molecule has 0 bridgehead atoms. The first kappa shape index (κ1) is 33.4. The van der Waals surface area contributed by atoms with E-state index in [1.165, 1.54) is 21.0 Å². The fraction of sp³-hybridized carbons (Fsp3) is 0.808. The number of unbranched alkanes of at least 4 members (excludes halogenated alkanes) is 3. The molecule has 2 N–H and O–H groups in total. The first-order chi connectivity index (χ1) is 16.7. The summed E-state index contributed by atoms with van der Waals surface area (Å²) in [7, 11) is 1.25. The maximum absolute atomic E-state index is 13.0. The van der Waals surface area contributed by atoms with E-state index in [1.54, 1.807) is 13.8 Å². The summed E-state index contributed by atoms with van der Waals surface area (Å²) in [6, 6.07) is 0. The fourth-order valence-electron chi connectivity index (χ4n) is 3.83. The van der Waals surface area contributed by atoms with Crippen LogP contribution in [0.2, 0.25) is 0 Å². The van der Waals surface area contributed by atoms with E-state index in [0.717, 1.165) is 6.42 Å². The van der Waals surface area contributed by atoms with Crippen molar-refractivity contribution in [3.8, 4) is 0 Å². The minimum Gasteiger partial charge on any atom is -0.481 e. The molecule has 0 aromatic rings. The van der Waals surface area contributed by atoms with Crippen molar-refractivity contribution in [1.82, 2.24) is 0 Å². The van der Waals surface area contributed by atoms with Gasteiger partial charge in [0.1, 0.15) is 0 Å². The highest BCUT2D eigenvalue weighted by Gasteiger charge is 2.41. The summed E-state index contributed by atoms with van der Waals surface area (Å²) >= 11 is 0. The smallest absolute Gasteiger partial charge is 0.311 e. The Bertz CT molecular complexity index is 741. The van der Waals surface area contributed by atoms with Crippen LogP contribution in [0.5, 0.6) is 0 Å². The molecular formula is C26H44O10. The van der Waals surface area contributed by atoms with E-state index in [-0.39, 0.29) is 38.9 Å². The van der Waals surface area contributed by atoms with Gasteiger partial charge in [-0.3, -0.25) is 24.0 Å². The van der Waals surface area contributed by atoms with Crippen LogP contribution < -0.4 is 0 Å². The Morgan fingerprint density at radius 3 is 1.69 bits per heavy atom. The second-order valence-corrected chi connectivity index (χ2v) is 10.5. The van der Waals surface area contributed by atoms with Crippen molar-refractivity contribution in [3.63, 3.8) is 0 Å². The molecule has 0 amide bonds. The van der Waals surface area contributed by atoms with Gasteiger partial charge in [-0.15, -0.1) is 0 Å². The second kappa shape index (κ2) is 16.2. The fourth-order valence-corrected chi connectivity index (χ4v) is 3.83. The number of aliphatic carboxylic acids is 2. The Labute approximate surface area is 214 Å². The molecule has 0 fully saturated rings. The summed E-state index contributed by atoms with van der Waals surface area (Å²) in [5, 5.41) is 18.3. The lowest BCUT2D eigenvalue weighted by Crippen LogP contribution is -2.36. The van der Waals surface area contributed by atoms with Crippen LogP contribution in [0.4, 0.5) is 0 Å². The van der Waals surface area contributed by atoms with Gasteiger partial charge >= 0.3 is 29.8 Å². The number of hydrogen-bond acceptors (Lipinski definition) is 8. The summed E-state index contributed by atoms with van der Waals surface area (Å²) in [5.41, 5.74) is -2.30. The maximum atomic E-state index is 13.0. The van der Waals surface area contributed by atoms with E-state index in [2.05, 4.69) is 0 Å². The number of methoxy groups -OCH3 is 1. The molecule has 0 saturated heterocycles. The number of rotatable bonds is 19. The van der Waals surface area contributed by atoms with E-state index < -0.39 is 52.5 Å². The van der Waals surface area contributed by atoms with Crippen LogP contribution in [0.3, 0.4) is 0 Å². The zero-order valence-electron chi connectivity index (χ0n) is 22.6. The summed E-state index contributed by atoms with van der Waals surface area (Å²) in [5.74, 6) is -5.47. The van der Waals surface area contributed by atoms with Gasteiger partial charge in [-0.2, -0.15) is 0 Å². The first-order valence-electron chi connectivity index (χ1n) is 12.5. The normalized spacial score (nSPS) is 13.4. The van der Waals surface area contributed by atoms with Crippen molar-refractivity contribution in [2.24, 2.45) is 22.7 Å². The van der Waals surface area contributed by atoms with Crippen LogP contribution in [0.25, 0.3) is 0 Å². The molecule has 10 heteroatoms. The van der Waals surface area contributed by atoms with Crippen molar-refractivity contribution in [3.05, 3.63) is 0 Å². The third-order valence-electron chi connectivity index (χ3n) is 6.09. The van der Waals surface area contributed by atoms with Gasteiger partial charge in [0.15, 0.2) is 0 Å². The Morgan fingerprint density at radius 1 is 0.750 bits per heavy atom. The van der Waals surface area contributed by atoms with E-state index >= 15 is 0 Å². The predicted molar refractivity (Wildman–Crippen MR) is 131 cm³/mol. The molecule has 2 unspecified atom stereocenters. The van der Waals surface area contributed by atoms with Crippen LogP contribution in [-0.2, 0) is 38.2 Å². The molecule has 0 aliphatic carbocycles. The Hall–Kier alpha value is -2.65. The topological polar surface area (TPSA) is 154 Å². The molecule has 0 rings (SSSR count). The molecule has 0 aliphatic heterocycles. The largest absolute Gasteiger partial charge is 0.481 e. The molecule has 0 aromatic heterocycles. The monoisotopic (exact) mass is 516 g/mol. The zero-order valence-corrected chi connectivity index (χ0v) is 22.6. The Balaban J connectivity index is 5.66. The molecule has 0 aliphatic rings. The highest BCUT2D eigenvalue weighted by atomic mass is 16.5. The van der Waals surface area contributed by atoms with Crippen molar-refractivity contribution in [2.75, 3.05) is 20.3 Å². The maximum Gasteiger partial charge on any atom is 0.311 e. The van der Waals surface area contributed by atoms with E-state index in [4.69, 9.17) is 19.3 Å². The minimum absolute atomic E-state index is 0.0289. The Morgan fingerprint density at radius 2 is 1.25 bits per heavy atom. The van der Waals surface area contributed by atoms with Gasteiger partial charge in [0, 0.05) is 6.42 Å². The van der Waals surface area contributed by atoms with Gasteiger partial charge < -0.3 is 24.4 Å². The van der Waals surface area contributed by atoms with E-state index in [0.29, 0.717) is 25.7 Å². The number of carboxylic acids is 2. The van der Waals surface area contributed by atoms with Gasteiger partial charge in [-0.1, -0.05) is 13.3 Å². The summed E-state index contributed by atoms with van der Waals surface area (Å²) < 4.78 is 15.7. The van der Waals surface area contributed by atoms with Crippen molar-refractivity contribution >= 4 is 29.8 Å². The number of carbonyl (C=O) groups is 5. The lowest BCUT2D eigenvalue weighted by atomic mass is 9.75. The standard InChI is InChI=1S/C26H44O10/c1-7-8-13-35-22(30)19(17-26(4,5)24(33)34-6)15-18(16-25(2,3)23(31)32)21(29)36-14-11-9-10-12-20(27)28/h18-19H,7-17H2,1-6H3,(H,27,28)(H,31,32). The van der Waals surface area contributed by atoms with Crippen LogP contribution in [0, 0.1) is 22.7 Å². The SMILES string of the molecule is CCCCOC(=O)C(CC(CC(C)(C)C(=O)O)C(=O)OCCCCCC(=O)O)CC(C)(C)C(=O)OC. The molecule has 208 valence electrons. The van der Waals surface area contributed by atoms with Gasteiger partial charge in [0.25, 0.3) is 0 Å². The predicted octanol–water partition coefficient (Wildman–Crippen LogP) is 4.23. The van der Waals surface area contributed by atoms with Gasteiger partial charge in [-0.05, 0) is 72.6 Å². The van der Waals surface area contributed by atoms with Crippen LogP contribution in [-0.4, -0.2) is 60.4 Å². The lowest BCUT2D eigenvalue weighted by molar-refractivity contribution is -0.158. The number of ether oxygens (including phenoxy) is 3. The lowest BCUT2D eigenvalue weighted by Gasteiger charge is -2.30. The molecule has 0 spiro atoms. The van der Waals surface area contributed by atoms with E-state index in [1.807, 2.05) is 6.92 Å². The van der Waals surface area contributed by atoms with Crippen LogP contribution in [0.1, 0.15) is 92.4 Å². The third kappa shape index (κ3) is 12.9. The first-order valence-corrected chi connectivity index (χ1v) is 12.5. The average Bonchev–Trinajstić information content (AvgIpc) is 2.78. The van der Waals surface area contributed by atoms with Gasteiger partial charge in [0.2, 0.25) is 0 Å². The molecule has 2 atom stereocenters. The van der Waals surface area contributed by atoms with Crippen LogP contribution in [0.15, 0.2) is 0 Å².